The van der Waals surface area contributed by atoms with Gasteiger partial charge in [-0.15, -0.1) is 10.2 Å². The Hall–Kier alpha value is -3.36. The third-order valence-electron chi connectivity index (χ3n) is 6.92. The van der Waals surface area contributed by atoms with Crippen LogP contribution in [0.5, 0.6) is 11.5 Å². The minimum atomic E-state index is 0.0221. The van der Waals surface area contributed by atoms with Crippen molar-refractivity contribution < 1.29 is 19.1 Å². The maximum Gasteiger partial charge on any atom is 0.242 e. The molecule has 4 rings (SSSR count). The molecular weight excluding hydrogens is 446 g/mol. The van der Waals surface area contributed by atoms with Crippen LogP contribution in [-0.2, 0) is 9.59 Å². The molecule has 1 aliphatic heterocycles. The van der Waals surface area contributed by atoms with Gasteiger partial charge in [0, 0.05) is 43.7 Å². The third-order valence-corrected chi connectivity index (χ3v) is 6.92. The Bertz CT molecular complexity index is 1030. The first-order chi connectivity index (χ1) is 16.9. The monoisotopic (exact) mass is 481 g/mol. The molecule has 1 aromatic carbocycles. The van der Waals surface area contributed by atoms with Crippen LogP contribution in [0.15, 0.2) is 30.3 Å². The van der Waals surface area contributed by atoms with Crippen LogP contribution in [0.1, 0.15) is 33.1 Å². The summed E-state index contributed by atoms with van der Waals surface area (Å²) < 4.78 is 10.7. The molecule has 1 saturated carbocycles. The van der Waals surface area contributed by atoms with E-state index in [1.165, 1.54) is 0 Å². The van der Waals surface area contributed by atoms with Crippen molar-refractivity contribution in [3.8, 4) is 22.8 Å². The zero-order chi connectivity index (χ0) is 24.9. The van der Waals surface area contributed by atoms with Gasteiger partial charge in [-0.25, -0.2) is 0 Å². The summed E-state index contributed by atoms with van der Waals surface area (Å²) in [6, 6.07) is 9.62. The predicted molar refractivity (Wildman–Crippen MR) is 134 cm³/mol. The van der Waals surface area contributed by atoms with Crippen molar-refractivity contribution in [2.24, 2.45) is 5.92 Å². The first kappa shape index (κ1) is 24.8. The van der Waals surface area contributed by atoms with E-state index in [0.717, 1.165) is 36.3 Å². The molecule has 188 valence electrons. The minimum Gasteiger partial charge on any atom is -0.493 e. The van der Waals surface area contributed by atoms with E-state index in [-0.39, 0.29) is 30.3 Å². The molecule has 9 nitrogen and oxygen atoms in total. The molecule has 1 saturated heterocycles. The van der Waals surface area contributed by atoms with Crippen LogP contribution < -0.4 is 14.4 Å². The van der Waals surface area contributed by atoms with Gasteiger partial charge in [-0.3, -0.25) is 9.59 Å². The van der Waals surface area contributed by atoms with Crippen LogP contribution in [0.2, 0.25) is 0 Å². The highest BCUT2D eigenvalue weighted by Gasteiger charge is 2.36. The van der Waals surface area contributed by atoms with E-state index in [1.807, 2.05) is 42.2 Å². The van der Waals surface area contributed by atoms with Crippen molar-refractivity contribution in [2.75, 3.05) is 51.8 Å². The molecule has 0 radical (unpaired) electrons. The summed E-state index contributed by atoms with van der Waals surface area (Å²) >= 11 is 0. The predicted octanol–water partition coefficient (Wildman–Crippen LogP) is 2.85. The number of ether oxygens (including phenoxy) is 2. The molecular formula is C26H35N5O4. The topological polar surface area (TPSA) is 88.1 Å². The van der Waals surface area contributed by atoms with E-state index in [2.05, 4.69) is 22.0 Å². The smallest absolute Gasteiger partial charge is 0.242 e. The third kappa shape index (κ3) is 5.66. The summed E-state index contributed by atoms with van der Waals surface area (Å²) in [6.07, 6.45) is 2.74. The number of anilines is 1. The molecule has 2 heterocycles. The Morgan fingerprint density at radius 3 is 2.31 bits per heavy atom. The maximum absolute atomic E-state index is 13.0. The molecule has 2 fully saturated rings. The molecule has 0 spiro atoms. The van der Waals surface area contributed by atoms with Crippen LogP contribution in [0.25, 0.3) is 11.3 Å². The highest BCUT2D eigenvalue weighted by atomic mass is 16.5. The SMILES string of the molecule is CC[C@H](C)N(CC(=O)N1CCN(c2ccc(-c3ccc(OC)c(OC)c3)nn2)CC1)C(=O)C1CC1. The lowest BCUT2D eigenvalue weighted by Crippen LogP contribution is -2.53. The number of hydrogen-bond donors (Lipinski definition) is 0. The summed E-state index contributed by atoms with van der Waals surface area (Å²) in [5, 5.41) is 8.83. The van der Waals surface area contributed by atoms with Gasteiger partial charge in [0.2, 0.25) is 11.8 Å². The lowest BCUT2D eigenvalue weighted by molar-refractivity contribution is -0.143. The quantitative estimate of drug-likeness (QED) is 0.544. The second-order valence-corrected chi connectivity index (χ2v) is 9.21. The van der Waals surface area contributed by atoms with Crippen LogP contribution in [0, 0.1) is 5.92 Å². The number of carbonyl (C=O) groups is 2. The van der Waals surface area contributed by atoms with E-state index in [4.69, 9.17) is 9.47 Å². The molecule has 2 aromatic rings. The number of carbonyl (C=O) groups excluding carboxylic acids is 2. The van der Waals surface area contributed by atoms with Gasteiger partial charge in [-0.1, -0.05) is 6.92 Å². The number of amides is 2. The average Bonchev–Trinajstić information content (AvgIpc) is 3.76. The van der Waals surface area contributed by atoms with Gasteiger partial charge in [0.05, 0.1) is 26.5 Å². The van der Waals surface area contributed by atoms with Crippen LogP contribution in [-0.4, -0.2) is 84.8 Å². The normalized spacial score (nSPS) is 16.6. The number of piperazine rings is 1. The van der Waals surface area contributed by atoms with Gasteiger partial charge in [0.15, 0.2) is 17.3 Å². The Morgan fingerprint density at radius 2 is 1.74 bits per heavy atom. The van der Waals surface area contributed by atoms with Crippen molar-refractivity contribution in [3.05, 3.63) is 30.3 Å². The van der Waals surface area contributed by atoms with E-state index in [9.17, 15) is 9.59 Å². The number of benzene rings is 1. The van der Waals surface area contributed by atoms with Crippen molar-refractivity contribution in [1.82, 2.24) is 20.0 Å². The van der Waals surface area contributed by atoms with Crippen molar-refractivity contribution >= 4 is 17.6 Å². The fraction of sp³-hybridized carbons (Fsp3) is 0.538. The fourth-order valence-electron chi connectivity index (χ4n) is 4.31. The first-order valence-electron chi connectivity index (χ1n) is 12.3. The lowest BCUT2D eigenvalue weighted by atomic mass is 10.1. The van der Waals surface area contributed by atoms with E-state index in [1.54, 1.807) is 19.1 Å². The fourth-order valence-corrected chi connectivity index (χ4v) is 4.31. The number of hydrogen-bond acceptors (Lipinski definition) is 7. The molecule has 0 N–H and O–H groups in total. The Morgan fingerprint density at radius 1 is 1.03 bits per heavy atom. The van der Waals surface area contributed by atoms with Crippen molar-refractivity contribution in [3.63, 3.8) is 0 Å². The second-order valence-electron chi connectivity index (χ2n) is 9.21. The first-order valence-corrected chi connectivity index (χ1v) is 12.3. The van der Waals surface area contributed by atoms with Crippen molar-refractivity contribution in [1.29, 1.82) is 0 Å². The van der Waals surface area contributed by atoms with Gasteiger partial charge in [-0.2, -0.15) is 0 Å². The van der Waals surface area contributed by atoms with Gasteiger partial charge in [0.1, 0.15) is 0 Å². The molecule has 35 heavy (non-hydrogen) atoms. The van der Waals surface area contributed by atoms with E-state index < -0.39 is 0 Å². The number of methoxy groups -OCH3 is 2. The summed E-state index contributed by atoms with van der Waals surface area (Å²) in [5.41, 5.74) is 1.64. The number of nitrogens with zero attached hydrogens (tertiary/aromatic N) is 5. The number of rotatable bonds is 9. The lowest BCUT2D eigenvalue weighted by Gasteiger charge is -2.37. The van der Waals surface area contributed by atoms with Gasteiger partial charge in [-0.05, 0) is 56.5 Å². The van der Waals surface area contributed by atoms with Crippen LogP contribution >= 0.6 is 0 Å². The summed E-state index contributed by atoms with van der Waals surface area (Å²) in [6.45, 7) is 6.80. The number of aromatic nitrogens is 2. The molecule has 2 amide bonds. The van der Waals surface area contributed by atoms with E-state index in [0.29, 0.717) is 37.7 Å². The largest absolute Gasteiger partial charge is 0.493 e. The maximum atomic E-state index is 13.0. The molecule has 9 heteroatoms. The highest BCUT2D eigenvalue weighted by molar-refractivity contribution is 5.87. The second kappa shape index (κ2) is 10.9. The molecule has 0 unspecified atom stereocenters. The summed E-state index contributed by atoms with van der Waals surface area (Å²) in [5.74, 6) is 2.37. The zero-order valence-electron chi connectivity index (χ0n) is 21.1. The standard InChI is InChI=1S/C26H35N5O4/c1-5-18(2)31(26(33)19-6-7-19)17-25(32)30-14-12-29(13-15-30)24-11-9-21(27-28-24)20-8-10-22(34-3)23(16-20)35-4/h8-11,16,18-19H,5-7,12-15,17H2,1-4H3/t18-/m0/s1. The van der Waals surface area contributed by atoms with Crippen LogP contribution in [0.3, 0.4) is 0 Å². The molecule has 1 atom stereocenters. The van der Waals surface area contributed by atoms with Gasteiger partial charge < -0.3 is 24.2 Å². The average molecular weight is 482 g/mol. The van der Waals surface area contributed by atoms with Crippen LogP contribution in [0.4, 0.5) is 5.82 Å². The highest BCUT2D eigenvalue weighted by Crippen LogP contribution is 2.33. The van der Waals surface area contributed by atoms with E-state index >= 15 is 0 Å². The van der Waals surface area contributed by atoms with Gasteiger partial charge >= 0.3 is 0 Å². The Kier molecular flexibility index (Phi) is 7.73. The minimum absolute atomic E-state index is 0.0221. The molecule has 1 aliphatic carbocycles. The van der Waals surface area contributed by atoms with Crippen molar-refractivity contribution in [2.45, 2.75) is 39.2 Å². The molecule has 2 aliphatic rings. The molecule has 0 bridgehead atoms. The molecule has 1 aromatic heterocycles. The summed E-state index contributed by atoms with van der Waals surface area (Å²) in [4.78, 5) is 31.4. The Balaban J connectivity index is 1.34. The summed E-state index contributed by atoms with van der Waals surface area (Å²) in [7, 11) is 3.21. The Labute approximate surface area is 207 Å². The van der Waals surface area contributed by atoms with Gasteiger partial charge in [0.25, 0.3) is 0 Å². The zero-order valence-corrected chi connectivity index (χ0v) is 21.1.